The van der Waals surface area contributed by atoms with Crippen LogP contribution in [0.4, 0.5) is 4.79 Å². The molecule has 1 aliphatic heterocycles. The van der Waals surface area contributed by atoms with Crippen LogP contribution >= 0.6 is 0 Å². The molecule has 1 aromatic carbocycles. The van der Waals surface area contributed by atoms with Crippen LogP contribution in [0.5, 0.6) is 0 Å². The van der Waals surface area contributed by atoms with Gasteiger partial charge in [-0.2, -0.15) is 5.26 Å². The molecule has 5 heteroatoms. The lowest BCUT2D eigenvalue weighted by molar-refractivity contribution is 0.0575. The number of rotatable bonds is 3. The summed E-state index contributed by atoms with van der Waals surface area (Å²) < 4.78 is 5.43. The first-order valence-corrected chi connectivity index (χ1v) is 9.67. The number of benzene rings is 1. The van der Waals surface area contributed by atoms with Gasteiger partial charge in [-0.3, -0.25) is 4.98 Å². The highest BCUT2D eigenvalue weighted by atomic mass is 16.6. The summed E-state index contributed by atoms with van der Waals surface area (Å²) in [5.41, 5.74) is 3.30. The second-order valence-corrected chi connectivity index (χ2v) is 7.75. The fourth-order valence-corrected chi connectivity index (χ4v) is 4.30. The van der Waals surface area contributed by atoms with Gasteiger partial charge in [-0.25, -0.2) is 4.79 Å². The zero-order chi connectivity index (χ0) is 19.7. The van der Waals surface area contributed by atoms with Crippen LogP contribution < -0.4 is 5.32 Å². The van der Waals surface area contributed by atoms with Gasteiger partial charge in [0.25, 0.3) is 0 Å². The van der Waals surface area contributed by atoms with E-state index in [9.17, 15) is 10.1 Å². The van der Waals surface area contributed by atoms with Crippen LogP contribution in [0, 0.1) is 29.1 Å². The molecule has 5 nitrogen and oxygen atoms in total. The monoisotopic (exact) mass is 373 g/mol. The third-order valence-corrected chi connectivity index (χ3v) is 6.10. The van der Waals surface area contributed by atoms with E-state index in [2.05, 4.69) is 36.3 Å². The Morgan fingerprint density at radius 3 is 2.82 bits per heavy atom. The number of nitrogens with zero attached hydrogens (tertiary/aromatic N) is 2. The average Bonchev–Trinajstić information content (AvgIpc) is 3.08. The number of aromatic nitrogens is 1. The molecular weight excluding hydrogens is 350 g/mol. The van der Waals surface area contributed by atoms with Crippen molar-refractivity contribution in [2.45, 2.75) is 32.4 Å². The molecule has 1 saturated heterocycles. The van der Waals surface area contributed by atoms with Crippen LogP contribution in [-0.2, 0) is 4.74 Å². The molecule has 2 aromatic rings. The third kappa shape index (κ3) is 3.38. The van der Waals surface area contributed by atoms with Crippen LogP contribution in [-0.4, -0.2) is 23.2 Å². The fraction of sp³-hybridized carbons (Fsp3) is 0.348. The molecule has 2 fully saturated rings. The lowest BCUT2D eigenvalue weighted by atomic mass is 9.70. The molecule has 1 amide bonds. The standard InChI is InChI=1S/C23H23N3O2/c1-14-11-21-22(26-23(27)28-21)19(15(14)2)10-9-18-8-7-17(13-25-18)20-6-4-3-5-16(20)12-24/h3-10,13-15,19,21-22H,11H2,1-2H3,(H,26,27)/b10-9+/t14-,15+,19-,21+,22-/m0/s1. The predicted molar refractivity (Wildman–Crippen MR) is 107 cm³/mol. The number of nitriles is 1. The largest absolute Gasteiger partial charge is 0.444 e. The Morgan fingerprint density at radius 2 is 2.07 bits per heavy atom. The van der Waals surface area contributed by atoms with Crippen molar-refractivity contribution in [3.05, 3.63) is 59.9 Å². The number of hydrogen-bond donors (Lipinski definition) is 1. The van der Waals surface area contributed by atoms with Crippen LogP contribution in [0.3, 0.4) is 0 Å². The number of pyridine rings is 1. The van der Waals surface area contributed by atoms with Crippen LogP contribution in [0.1, 0.15) is 31.5 Å². The first kappa shape index (κ1) is 18.2. The summed E-state index contributed by atoms with van der Waals surface area (Å²) in [4.78, 5) is 16.2. The Bertz CT molecular complexity index is 945. The van der Waals surface area contributed by atoms with E-state index in [1.807, 2.05) is 42.5 Å². The first-order chi connectivity index (χ1) is 13.6. The zero-order valence-corrected chi connectivity index (χ0v) is 16.0. The van der Waals surface area contributed by atoms with Crippen molar-refractivity contribution >= 4 is 12.2 Å². The van der Waals surface area contributed by atoms with Gasteiger partial charge in [0.05, 0.1) is 23.4 Å². The molecule has 1 aliphatic carbocycles. The third-order valence-electron chi connectivity index (χ3n) is 6.10. The summed E-state index contributed by atoms with van der Waals surface area (Å²) in [6.45, 7) is 4.45. The molecule has 2 aliphatic rings. The predicted octanol–water partition coefficient (Wildman–Crippen LogP) is 4.40. The quantitative estimate of drug-likeness (QED) is 0.865. The lowest BCUT2D eigenvalue weighted by Gasteiger charge is -2.39. The minimum atomic E-state index is -0.312. The number of amides is 1. The van der Waals surface area contributed by atoms with Crippen LogP contribution in [0.2, 0.25) is 0 Å². The lowest BCUT2D eigenvalue weighted by Crippen LogP contribution is -2.47. The molecule has 0 unspecified atom stereocenters. The number of ether oxygens (including phenoxy) is 1. The van der Waals surface area contributed by atoms with Crippen molar-refractivity contribution in [1.82, 2.24) is 10.3 Å². The summed E-state index contributed by atoms with van der Waals surface area (Å²) in [6.07, 6.45) is 6.50. The second kappa shape index (κ2) is 7.47. The van der Waals surface area contributed by atoms with Gasteiger partial charge < -0.3 is 10.1 Å². The van der Waals surface area contributed by atoms with Crippen molar-refractivity contribution in [2.24, 2.45) is 17.8 Å². The Hall–Kier alpha value is -3.13. The Balaban J connectivity index is 1.54. The molecule has 0 spiro atoms. The minimum Gasteiger partial charge on any atom is -0.444 e. The average molecular weight is 373 g/mol. The zero-order valence-electron chi connectivity index (χ0n) is 16.0. The number of hydrogen-bond acceptors (Lipinski definition) is 4. The van der Waals surface area contributed by atoms with Gasteiger partial charge in [0.1, 0.15) is 6.10 Å². The number of fused-ring (bicyclic) bond motifs is 1. The first-order valence-electron chi connectivity index (χ1n) is 9.67. The molecule has 5 atom stereocenters. The smallest absolute Gasteiger partial charge is 0.407 e. The summed E-state index contributed by atoms with van der Waals surface area (Å²) in [6, 6.07) is 13.7. The molecule has 1 aromatic heterocycles. The van der Waals surface area contributed by atoms with E-state index in [-0.39, 0.29) is 24.2 Å². The molecule has 0 radical (unpaired) electrons. The van der Waals surface area contributed by atoms with Gasteiger partial charge in [0.15, 0.2) is 0 Å². The molecule has 2 heterocycles. The van der Waals surface area contributed by atoms with Gasteiger partial charge in [-0.1, -0.05) is 44.2 Å². The Morgan fingerprint density at radius 1 is 1.25 bits per heavy atom. The van der Waals surface area contributed by atoms with Gasteiger partial charge in [0.2, 0.25) is 0 Å². The molecule has 1 N–H and O–H groups in total. The normalized spacial score (nSPS) is 29.0. The fourth-order valence-electron chi connectivity index (χ4n) is 4.30. The van der Waals surface area contributed by atoms with Crippen molar-refractivity contribution in [1.29, 1.82) is 5.26 Å². The number of carbonyl (C=O) groups excluding carboxylic acids is 1. The van der Waals surface area contributed by atoms with Crippen molar-refractivity contribution < 1.29 is 9.53 Å². The van der Waals surface area contributed by atoms with E-state index in [4.69, 9.17) is 4.74 Å². The summed E-state index contributed by atoms with van der Waals surface area (Å²) in [5.74, 6) is 1.14. The maximum Gasteiger partial charge on any atom is 0.407 e. The SMILES string of the molecule is C[C@H]1[C@H](/C=C/c2ccc(-c3ccccc3C#N)cn2)[C@@H]2NC(=O)O[C@@H]2C[C@@H]1C. The number of alkyl carbamates (subject to hydrolysis) is 1. The van der Waals surface area contributed by atoms with E-state index >= 15 is 0 Å². The molecule has 142 valence electrons. The molecular formula is C23H23N3O2. The molecule has 4 rings (SSSR count). The van der Waals surface area contributed by atoms with Crippen LogP contribution in [0.15, 0.2) is 48.7 Å². The molecule has 1 saturated carbocycles. The summed E-state index contributed by atoms with van der Waals surface area (Å²) in [7, 11) is 0. The topological polar surface area (TPSA) is 75.0 Å². The van der Waals surface area contributed by atoms with E-state index in [1.54, 1.807) is 6.20 Å². The highest BCUT2D eigenvalue weighted by Gasteiger charge is 2.46. The van der Waals surface area contributed by atoms with Crippen molar-refractivity contribution in [3.63, 3.8) is 0 Å². The number of nitrogens with one attached hydrogen (secondary N) is 1. The van der Waals surface area contributed by atoms with Gasteiger partial charge >= 0.3 is 6.09 Å². The van der Waals surface area contributed by atoms with E-state index in [1.165, 1.54) is 0 Å². The van der Waals surface area contributed by atoms with Crippen LogP contribution in [0.25, 0.3) is 17.2 Å². The maximum atomic E-state index is 11.7. The van der Waals surface area contributed by atoms with E-state index in [0.717, 1.165) is 23.2 Å². The second-order valence-electron chi connectivity index (χ2n) is 7.75. The summed E-state index contributed by atoms with van der Waals surface area (Å²) >= 11 is 0. The minimum absolute atomic E-state index is 0.0247. The van der Waals surface area contributed by atoms with E-state index < -0.39 is 0 Å². The molecule has 28 heavy (non-hydrogen) atoms. The number of carbonyl (C=O) groups is 1. The molecule has 0 bridgehead atoms. The van der Waals surface area contributed by atoms with Crippen molar-refractivity contribution in [2.75, 3.05) is 0 Å². The maximum absolute atomic E-state index is 11.7. The van der Waals surface area contributed by atoms with Gasteiger partial charge in [0, 0.05) is 23.2 Å². The highest BCUT2D eigenvalue weighted by Crippen LogP contribution is 2.39. The van der Waals surface area contributed by atoms with Gasteiger partial charge in [-0.05, 0) is 36.5 Å². The Kier molecular flexibility index (Phi) is 4.87. The highest BCUT2D eigenvalue weighted by molar-refractivity contribution is 5.71. The Labute approximate surface area is 165 Å². The van der Waals surface area contributed by atoms with Gasteiger partial charge in [-0.15, -0.1) is 0 Å². The summed E-state index contributed by atoms with van der Waals surface area (Å²) in [5, 5.41) is 12.3. The van der Waals surface area contributed by atoms with Crippen molar-refractivity contribution in [3.8, 4) is 17.2 Å². The van der Waals surface area contributed by atoms with E-state index in [0.29, 0.717) is 17.4 Å².